The Balaban J connectivity index is 2.15. The van der Waals surface area contributed by atoms with Crippen LogP contribution in [0.25, 0.3) is 10.2 Å². The van der Waals surface area contributed by atoms with Crippen LogP contribution >= 0.6 is 27.3 Å². The van der Waals surface area contributed by atoms with Gasteiger partial charge in [0.2, 0.25) is 5.75 Å². The molecule has 0 saturated heterocycles. The number of methoxy groups -OCH3 is 3. The second-order valence-electron chi connectivity index (χ2n) is 5.73. The molecule has 0 bridgehead atoms. The van der Waals surface area contributed by atoms with Gasteiger partial charge in [-0.3, -0.25) is 4.79 Å². The molecule has 3 aromatic rings. The minimum atomic E-state index is -0.400. The molecule has 1 heterocycles. The van der Waals surface area contributed by atoms with E-state index >= 15 is 0 Å². The quantitative estimate of drug-likeness (QED) is 0.508. The topological polar surface area (TPSA) is 62.1 Å². The Morgan fingerprint density at radius 3 is 2.43 bits per heavy atom. The molecule has 28 heavy (non-hydrogen) atoms. The molecule has 3 rings (SSSR count). The first kappa shape index (κ1) is 20.2. The predicted molar refractivity (Wildman–Crippen MR) is 114 cm³/mol. The lowest BCUT2D eigenvalue weighted by Gasteiger charge is -2.12. The van der Waals surface area contributed by atoms with Gasteiger partial charge in [-0.15, -0.1) is 6.58 Å². The molecule has 1 aromatic heterocycles. The van der Waals surface area contributed by atoms with E-state index in [-0.39, 0.29) is 0 Å². The Hall–Kier alpha value is -2.58. The Morgan fingerprint density at radius 2 is 1.86 bits per heavy atom. The number of aromatic nitrogens is 1. The maximum absolute atomic E-state index is 12.9. The van der Waals surface area contributed by atoms with Gasteiger partial charge in [0.15, 0.2) is 16.3 Å². The number of nitrogens with zero attached hydrogens (tertiary/aromatic N) is 2. The summed E-state index contributed by atoms with van der Waals surface area (Å²) in [5.74, 6) is 0.831. The zero-order valence-electron chi connectivity index (χ0n) is 15.7. The number of hydrogen-bond donors (Lipinski definition) is 0. The zero-order valence-corrected chi connectivity index (χ0v) is 18.1. The summed E-state index contributed by atoms with van der Waals surface area (Å²) in [5.41, 5.74) is 1.34. The van der Waals surface area contributed by atoms with Crippen LogP contribution in [0.4, 0.5) is 0 Å². The van der Waals surface area contributed by atoms with Crippen LogP contribution in [0.5, 0.6) is 17.2 Å². The Morgan fingerprint density at radius 1 is 1.18 bits per heavy atom. The summed E-state index contributed by atoms with van der Waals surface area (Å²) in [4.78, 5) is 17.8. The van der Waals surface area contributed by atoms with Crippen molar-refractivity contribution in [3.05, 3.63) is 57.8 Å². The first-order valence-electron chi connectivity index (χ1n) is 8.31. The Kier molecular flexibility index (Phi) is 6.21. The third-order valence-electron chi connectivity index (χ3n) is 4.07. The van der Waals surface area contributed by atoms with E-state index in [0.29, 0.717) is 34.2 Å². The third-order valence-corrected chi connectivity index (χ3v) is 5.60. The van der Waals surface area contributed by atoms with E-state index in [4.69, 9.17) is 14.2 Å². The van der Waals surface area contributed by atoms with E-state index in [1.165, 1.54) is 32.7 Å². The molecule has 0 fully saturated rings. The van der Waals surface area contributed by atoms with Gasteiger partial charge >= 0.3 is 0 Å². The first-order valence-corrected chi connectivity index (χ1v) is 9.92. The molecule has 2 aromatic carbocycles. The average molecular weight is 463 g/mol. The minimum absolute atomic E-state index is 0.346. The molecule has 6 nitrogen and oxygen atoms in total. The number of benzene rings is 2. The molecule has 0 saturated carbocycles. The second-order valence-corrected chi connectivity index (χ2v) is 7.65. The van der Waals surface area contributed by atoms with Crippen molar-refractivity contribution in [3.8, 4) is 17.2 Å². The maximum atomic E-state index is 12.9. The number of carbonyl (C=O) groups excluding carboxylic acids is 1. The van der Waals surface area contributed by atoms with Crippen LogP contribution in [-0.4, -0.2) is 31.8 Å². The van der Waals surface area contributed by atoms with Crippen LogP contribution in [0.15, 0.2) is 52.5 Å². The van der Waals surface area contributed by atoms with Crippen LogP contribution in [0, 0.1) is 0 Å². The van der Waals surface area contributed by atoms with Gasteiger partial charge < -0.3 is 18.8 Å². The highest BCUT2D eigenvalue weighted by Crippen LogP contribution is 2.38. The number of halogens is 1. The number of rotatable bonds is 6. The predicted octanol–water partition coefficient (Wildman–Crippen LogP) is 4.42. The number of allylic oxidation sites excluding steroid dienone is 1. The van der Waals surface area contributed by atoms with Crippen LogP contribution in [0.3, 0.4) is 0 Å². The molecule has 8 heteroatoms. The van der Waals surface area contributed by atoms with Crippen LogP contribution < -0.4 is 19.0 Å². The Bertz CT molecular complexity index is 1090. The van der Waals surface area contributed by atoms with Gasteiger partial charge in [-0.25, -0.2) is 0 Å². The third kappa shape index (κ3) is 3.83. The summed E-state index contributed by atoms with van der Waals surface area (Å²) < 4.78 is 19.9. The molecule has 146 valence electrons. The van der Waals surface area contributed by atoms with Crippen molar-refractivity contribution in [2.45, 2.75) is 6.54 Å². The van der Waals surface area contributed by atoms with Crippen molar-refractivity contribution in [1.82, 2.24) is 4.57 Å². The van der Waals surface area contributed by atoms with Crippen molar-refractivity contribution in [3.63, 3.8) is 0 Å². The highest BCUT2D eigenvalue weighted by Gasteiger charge is 2.17. The van der Waals surface area contributed by atoms with E-state index in [1.807, 2.05) is 22.8 Å². The molecule has 0 aliphatic carbocycles. The summed E-state index contributed by atoms with van der Waals surface area (Å²) in [5, 5.41) is 0. The van der Waals surface area contributed by atoms with Crippen molar-refractivity contribution < 1.29 is 19.0 Å². The second kappa shape index (κ2) is 8.62. The minimum Gasteiger partial charge on any atom is -0.493 e. The van der Waals surface area contributed by atoms with E-state index < -0.39 is 5.91 Å². The van der Waals surface area contributed by atoms with Crippen LogP contribution in [0.1, 0.15) is 10.4 Å². The van der Waals surface area contributed by atoms with Crippen molar-refractivity contribution >= 4 is 43.4 Å². The standard InChI is InChI=1S/C20H19BrN2O4S/c1-5-8-23-14-7-6-13(21)11-17(14)28-20(23)22-19(24)12-9-15(25-2)18(27-4)16(10-12)26-3/h5-7,9-11H,1,8H2,2-4H3. The van der Waals surface area contributed by atoms with Gasteiger partial charge in [-0.2, -0.15) is 4.99 Å². The summed E-state index contributed by atoms with van der Waals surface area (Å²) in [6, 6.07) is 9.13. The highest BCUT2D eigenvalue weighted by atomic mass is 79.9. The number of fused-ring (bicyclic) bond motifs is 1. The molecule has 0 atom stereocenters. The monoisotopic (exact) mass is 462 g/mol. The molecule has 1 amide bonds. The summed E-state index contributed by atoms with van der Waals surface area (Å²) in [7, 11) is 4.52. The summed E-state index contributed by atoms with van der Waals surface area (Å²) in [6.07, 6.45) is 1.77. The van der Waals surface area contributed by atoms with Gasteiger partial charge in [0.1, 0.15) is 0 Å². The molecular weight excluding hydrogens is 444 g/mol. The number of carbonyl (C=O) groups is 1. The summed E-state index contributed by atoms with van der Waals surface area (Å²) >= 11 is 4.92. The molecule has 0 aliphatic heterocycles. The SMILES string of the molecule is C=CCn1c(=NC(=O)c2cc(OC)c(OC)c(OC)c2)sc2cc(Br)ccc21. The van der Waals surface area contributed by atoms with E-state index in [9.17, 15) is 4.79 Å². The average Bonchev–Trinajstić information content (AvgIpc) is 3.02. The van der Waals surface area contributed by atoms with Gasteiger partial charge in [0.05, 0.1) is 31.5 Å². The number of amides is 1. The Labute approximate surface area is 174 Å². The molecule has 0 radical (unpaired) electrons. The fourth-order valence-electron chi connectivity index (χ4n) is 2.79. The van der Waals surface area contributed by atoms with Gasteiger partial charge in [0.25, 0.3) is 5.91 Å². The van der Waals surface area contributed by atoms with Crippen LogP contribution in [-0.2, 0) is 6.54 Å². The maximum Gasteiger partial charge on any atom is 0.279 e. The highest BCUT2D eigenvalue weighted by molar-refractivity contribution is 9.10. The first-order chi connectivity index (χ1) is 13.5. The molecular formula is C20H19BrN2O4S. The number of hydrogen-bond acceptors (Lipinski definition) is 5. The smallest absolute Gasteiger partial charge is 0.279 e. The van der Waals surface area contributed by atoms with Gasteiger partial charge in [-0.1, -0.05) is 33.3 Å². The van der Waals surface area contributed by atoms with E-state index in [0.717, 1.165) is 14.7 Å². The van der Waals surface area contributed by atoms with E-state index in [2.05, 4.69) is 27.5 Å². The summed E-state index contributed by atoms with van der Waals surface area (Å²) in [6.45, 7) is 4.35. The molecule has 0 unspecified atom stereocenters. The fraction of sp³-hybridized carbons (Fsp3) is 0.200. The molecule has 0 N–H and O–H groups in total. The lowest BCUT2D eigenvalue weighted by molar-refractivity contribution is 0.0997. The molecule has 0 spiro atoms. The van der Waals surface area contributed by atoms with Crippen molar-refractivity contribution in [2.75, 3.05) is 21.3 Å². The van der Waals surface area contributed by atoms with Crippen LogP contribution in [0.2, 0.25) is 0 Å². The van der Waals surface area contributed by atoms with Gasteiger partial charge in [-0.05, 0) is 30.3 Å². The molecule has 0 aliphatic rings. The van der Waals surface area contributed by atoms with Gasteiger partial charge in [0, 0.05) is 16.6 Å². The van der Waals surface area contributed by atoms with Crippen molar-refractivity contribution in [1.29, 1.82) is 0 Å². The zero-order chi connectivity index (χ0) is 20.3. The van der Waals surface area contributed by atoms with Crippen molar-refractivity contribution in [2.24, 2.45) is 4.99 Å². The lowest BCUT2D eigenvalue weighted by atomic mass is 10.1. The van der Waals surface area contributed by atoms with E-state index in [1.54, 1.807) is 18.2 Å². The number of thiazole rings is 1. The fourth-order valence-corrected chi connectivity index (χ4v) is 4.38. The number of ether oxygens (including phenoxy) is 3. The largest absolute Gasteiger partial charge is 0.493 e. The normalized spacial score (nSPS) is 11.5. The lowest BCUT2D eigenvalue weighted by Crippen LogP contribution is -2.16.